The van der Waals surface area contributed by atoms with E-state index in [1.54, 1.807) is 0 Å². The summed E-state index contributed by atoms with van der Waals surface area (Å²) in [4.78, 5) is 0. The molecule has 9 rings (SSSR count). The van der Waals surface area contributed by atoms with Gasteiger partial charge in [0.15, 0.2) is 11.2 Å². The van der Waals surface area contributed by atoms with Crippen LogP contribution in [0.2, 0.25) is 0 Å². The first-order valence-electron chi connectivity index (χ1n) is 23.2. The molecular weight excluding hydrogens is 782 g/mol. The Kier molecular flexibility index (Phi) is 12.7. The normalized spacial score (nSPS) is 13.7. The zero-order chi connectivity index (χ0) is 42.7. The molecule has 6 aromatic carbocycles. The number of aryl methyl sites for hydroxylation is 8. The van der Waals surface area contributed by atoms with Gasteiger partial charge in [-0.2, -0.15) is 4.67 Å². The van der Waals surface area contributed by atoms with Crippen LogP contribution >= 0.6 is 8.16 Å². The highest BCUT2D eigenvalue weighted by atomic mass is 31.1. The molecule has 320 valence electrons. The molecule has 5 nitrogen and oxygen atoms in total. The molecule has 0 aliphatic heterocycles. The predicted molar refractivity (Wildman–Crippen MR) is 260 cm³/mol. The quantitative estimate of drug-likeness (QED) is 0.116. The third-order valence-corrected chi connectivity index (χ3v) is 14.3. The van der Waals surface area contributed by atoms with Gasteiger partial charge in [0.25, 0.3) is 0 Å². The number of benzene rings is 6. The van der Waals surface area contributed by atoms with E-state index in [2.05, 4.69) is 143 Å². The van der Waals surface area contributed by atoms with Crippen LogP contribution in [0.1, 0.15) is 108 Å². The summed E-state index contributed by atoms with van der Waals surface area (Å²) < 4.78 is 30.7. The SMILES string of the molecule is CCCOc1c(C)cc(-c2cc3c(c4c2op(N(Cc2ccccc2)Cc2ccccc2)oc2c(-c5cc(C)c(OCCC)c(C)c5)cc5c(c24)CCCC5)CCCC3)cc1C. The molecule has 0 radical (unpaired) electrons. The van der Waals surface area contributed by atoms with E-state index < -0.39 is 8.16 Å². The van der Waals surface area contributed by atoms with Crippen LogP contribution in [0.4, 0.5) is 0 Å². The molecule has 7 aromatic rings. The molecule has 0 amide bonds. The maximum Gasteiger partial charge on any atom is 0.310 e. The van der Waals surface area contributed by atoms with Gasteiger partial charge in [0.2, 0.25) is 0 Å². The van der Waals surface area contributed by atoms with E-state index in [4.69, 9.17) is 17.9 Å². The molecule has 0 saturated carbocycles. The summed E-state index contributed by atoms with van der Waals surface area (Å²) in [5.41, 5.74) is 19.4. The molecule has 0 fully saturated rings. The monoisotopic (exact) mass is 843 g/mol. The van der Waals surface area contributed by atoms with Gasteiger partial charge in [0.1, 0.15) is 11.5 Å². The first kappa shape index (κ1) is 42.1. The number of hydrogen-bond acceptors (Lipinski definition) is 5. The van der Waals surface area contributed by atoms with Crippen LogP contribution in [0, 0.1) is 27.7 Å². The summed E-state index contributed by atoms with van der Waals surface area (Å²) in [6, 6.07) is 35.9. The van der Waals surface area contributed by atoms with E-state index in [0.29, 0.717) is 26.3 Å². The van der Waals surface area contributed by atoms with Crippen LogP contribution in [-0.2, 0) is 38.8 Å². The van der Waals surface area contributed by atoms with Gasteiger partial charge in [-0.1, -0.05) is 74.5 Å². The minimum absolute atomic E-state index is 0.677. The molecule has 2 aliphatic rings. The fraction of sp³-hybridized carbons (Fsp3) is 0.357. The second-order valence-electron chi connectivity index (χ2n) is 17.7. The van der Waals surface area contributed by atoms with Crippen molar-refractivity contribution >= 4 is 30.1 Å². The highest BCUT2D eigenvalue weighted by molar-refractivity contribution is 7.38. The molecule has 0 saturated heterocycles. The van der Waals surface area contributed by atoms with Crippen LogP contribution in [0.5, 0.6) is 11.5 Å². The first-order chi connectivity index (χ1) is 30.3. The molecule has 2 aliphatic carbocycles. The first-order valence-corrected chi connectivity index (χ1v) is 24.3. The third kappa shape index (κ3) is 8.47. The molecule has 0 atom stereocenters. The second kappa shape index (κ2) is 18.6. The van der Waals surface area contributed by atoms with Crippen molar-refractivity contribution in [3.05, 3.63) is 153 Å². The van der Waals surface area contributed by atoms with E-state index in [0.717, 1.165) is 94.6 Å². The molecule has 0 bridgehead atoms. The zero-order valence-electron chi connectivity index (χ0n) is 37.7. The summed E-state index contributed by atoms with van der Waals surface area (Å²) in [6.45, 7) is 15.9. The Morgan fingerprint density at radius 1 is 0.516 bits per heavy atom. The zero-order valence-corrected chi connectivity index (χ0v) is 38.6. The number of fused-ring (bicyclic) bond motifs is 7. The van der Waals surface area contributed by atoms with Gasteiger partial charge >= 0.3 is 8.16 Å². The largest absolute Gasteiger partial charge is 0.493 e. The Bertz CT molecular complexity index is 2540. The summed E-state index contributed by atoms with van der Waals surface area (Å²) in [5.74, 6) is 1.98. The van der Waals surface area contributed by atoms with Gasteiger partial charge in [-0.25, -0.2) is 0 Å². The third-order valence-electron chi connectivity index (χ3n) is 12.9. The van der Waals surface area contributed by atoms with Gasteiger partial charge in [0, 0.05) is 35.0 Å². The molecule has 1 aromatic heterocycles. The van der Waals surface area contributed by atoms with Gasteiger partial charge in [-0.05, 0) is 195 Å². The van der Waals surface area contributed by atoms with Crippen LogP contribution in [0.3, 0.4) is 0 Å². The van der Waals surface area contributed by atoms with Crippen LogP contribution in [0.25, 0.3) is 44.2 Å². The molecule has 6 heteroatoms. The van der Waals surface area contributed by atoms with Crippen molar-refractivity contribution < 1.29 is 17.9 Å². The van der Waals surface area contributed by atoms with E-state index in [1.807, 2.05) is 0 Å². The number of rotatable bonds is 13. The minimum Gasteiger partial charge on any atom is -0.493 e. The van der Waals surface area contributed by atoms with E-state index in [-0.39, 0.29) is 0 Å². The van der Waals surface area contributed by atoms with Crippen molar-refractivity contribution in [2.24, 2.45) is 0 Å². The fourth-order valence-electron chi connectivity index (χ4n) is 10.0. The van der Waals surface area contributed by atoms with Crippen LogP contribution in [-0.4, -0.2) is 13.2 Å². The van der Waals surface area contributed by atoms with Crippen molar-refractivity contribution in [3.8, 4) is 33.8 Å². The smallest absolute Gasteiger partial charge is 0.310 e. The predicted octanol–water partition coefficient (Wildman–Crippen LogP) is 15.5. The molecule has 62 heavy (non-hydrogen) atoms. The van der Waals surface area contributed by atoms with Crippen LogP contribution < -0.4 is 14.1 Å². The topological polar surface area (TPSA) is 48.0 Å². The van der Waals surface area contributed by atoms with Crippen molar-refractivity contribution in [2.45, 2.75) is 119 Å². The molecular formula is C56H62NO4P. The van der Waals surface area contributed by atoms with Crippen molar-refractivity contribution in [2.75, 3.05) is 17.9 Å². The maximum atomic E-state index is 7.78. The molecule has 1 heterocycles. The summed E-state index contributed by atoms with van der Waals surface area (Å²) >= 11 is 0. The van der Waals surface area contributed by atoms with Crippen molar-refractivity contribution in [1.82, 2.24) is 0 Å². The highest BCUT2D eigenvalue weighted by Gasteiger charge is 2.28. The molecule has 0 spiro atoms. The van der Waals surface area contributed by atoms with Crippen molar-refractivity contribution in [1.29, 1.82) is 0 Å². The number of hydrogen-bond donors (Lipinski definition) is 0. The Hall–Kier alpha value is -5.22. The Labute approximate surface area is 369 Å². The lowest BCUT2D eigenvalue weighted by atomic mass is 9.81. The Morgan fingerprint density at radius 2 is 0.903 bits per heavy atom. The van der Waals surface area contributed by atoms with Gasteiger partial charge in [-0.3, -0.25) is 0 Å². The molecule has 0 N–H and O–H groups in total. The summed E-state index contributed by atoms with van der Waals surface area (Å²) in [6.07, 6.45) is 10.8. The Balaban J connectivity index is 1.43. The average molecular weight is 844 g/mol. The lowest BCUT2D eigenvalue weighted by Crippen LogP contribution is -2.18. The van der Waals surface area contributed by atoms with Gasteiger partial charge in [0.05, 0.1) is 13.2 Å². The fourth-order valence-corrected chi connectivity index (χ4v) is 11.6. The van der Waals surface area contributed by atoms with E-state index in [1.165, 1.54) is 81.0 Å². The summed E-state index contributed by atoms with van der Waals surface area (Å²) in [5, 5.41) is 2.52. The lowest BCUT2D eigenvalue weighted by Gasteiger charge is -2.23. The van der Waals surface area contributed by atoms with Crippen molar-refractivity contribution in [3.63, 3.8) is 0 Å². The standard InChI is InChI=1S/C56H62NO4P/c1-7-27-58-53-37(3)29-45(30-38(53)4)49-33-43-23-15-17-25-47(43)51-52-48-26-18-16-24-44(48)34-50(46-31-39(5)54(40(6)32-46)59-28-8-2)56(52)61-62(60-55(49)51)57(35-41-19-11-9-12-20-41)36-42-21-13-10-14-22-42/h9-14,19-22,29-34H,7-8,15-18,23-28,35-36H2,1-6H3. The molecule has 0 unspecified atom stereocenters. The van der Waals surface area contributed by atoms with Gasteiger partial charge in [-0.15, -0.1) is 0 Å². The number of nitrogens with zero attached hydrogens (tertiary/aromatic N) is 1. The van der Waals surface area contributed by atoms with Crippen LogP contribution in [0.15, 0.2) is 105 Å². The van der Waals surface area contributed by atoms with Gasteiger partial charge < -0.3 is 17.9 Å². The minimum atomic E-state index is -1.70. The van der Waals surface area contributed by atoms with E-state index >= 15 is 0 Å². The summed E-state index contributed by atoms with van der Waals surface area (Å²) in [7, 11) is -1.70. The Morgan fingerprint density at radius 3 is 1.29 bits per heavy atom. The van der Waals surface area contributed by atoms with E-state index in [9.17, 15) is 0 Å². The average Bonchev–Trinajstić information content (AvgIpc) is 3.47. The highest BCUT2D eigenvalue weighted by Crippen LogP contribution is 2.50. The second-order valence-corrected chi connectivity index (χ2v) is 19.1. The lowest BCUT2D eigenvalue weighted by molar-refractivity contribution is 0.313. The number of ether oxygens (including phenoxy) is 2. The maximum absolute atomic E-state index is 7.78.